The Morgan fingerprint density at radius 2 is 1.55 bits per heavy atom. The van der Waals surface area contributed by atoms with Crippen molar-refractivity contribution in [2.75, 3.05) is 26.2 Å². The standard InChI is InChI=1S/C13H19F3N2O2/c1-12(2)8-9(12)10(19)17-4-3-5-18(7-6-17)11(20)13(14,15)16/h9H,3-8H2,1-2H3. The second kappa shape index (κ2) is 4.93. The highest BCUT2D eigenvalue weighted by Crippen LogP contribution is 2.52. The number of amides is 2. The number of carbonyl (C=O) groups excluding carboxylic acids is 2. The van der Waals surface area contributed by atoms with E-state index in [9.17, 15) is 22.8 Å². The van der Waals surface area contributed by atoms with Crippen molar-refractivity contribution in [1.82, 2.24) is 9.80 Å². The molecule has 1 saturated carbocycles. The van der Waals surface area contributed by atoms with Gasteiger partial charge in [0.25, 0.3) is 0 Å². The van der Waals surface area contributed by atoms with Crippen LogP contribution in [0.1, 0.15) is 26.7 Å². The highest BCUT2D eigenvalue weighted by molar-refractivity contribution is 5.83. The summed E-state index contributed by atoms with van der Waals surface area (Å²) < 4.78 is 37.2. The molecule has 1 saturated heterocycles. The van der Waals surface area contributed by atoms with E-state index in [1.165, 1.54) is 0 Å². The third-order valence-corrected chi connectivity index (χ3v) is 4.15. The summed E-state index contributed by atoms with van der Waals surface area (Å²) in [7, 11) is 0. The van der Waals surface area contributed by atoms with Gasteiger partial charge in [-0.2, -0.15) is 13.2 Å². The molecule has 0 aromatic rings. The first-order valence-corrected chi connectivity index (χ1v) is 6.78. The number of hydrogen-bond donors (Lipinski definition) is 0. The average molecular weight is 292 g/mol. The van der Waals surface area contributed by atoms with Crippen LogP contribution in [0.5, 0.6) is 0 Å². The Kier molecular flexibility index (Phi) is 3.73. The van der Waals surface area contributed by atoms with Crippen molar-refractivity contribution in [3.05, 3.63) is 0 Å². The molecule has 1 atom stereocenters. The Hall–Kier alpha value is -1.27. The summed E-state index contributed by atoms with van der Waals surface area (Å²) in [5, 5.41) is 0. The van der Waals surface area contributed by atoms with Crippen LogP contribution in [0.25, 0.3) is 0 Å². The van der Waals surface area contributed by atoms with E-state index in [0.717, 1.165) is 11.3 Å². The van der Waals surface area contributed by atoms with Gasteiger partial charge in [-0.1, -0.05) is 13.8 Å². The molecular formula is C13H19F3N2O2. The number of alkyl halides is 3. The second-order valence-electron chi connectivity index (χ2n) is 6.21. The molecule has 114 valence electrons. The van der Waals surface area contributed by atoms with Crippen LogP contribution < -0.4 is 0 Å². The van der Waals surface area contributed by atoms with Gasteiger partial charge in [0.2, 0.25) is 5.91 Å². The lowest BCUT2D eigenvalue weighted by Gasteiger charge is -2.23. The van der Waals surface area contributed by atoms with E-state index in [0.29, 0.717) is 13.0 Å². The van der Waals surface area contributed by atoms with E-state index in [2.05, 4.69) is 0 Å². The van der Waals surface area contributed by atoms with E-state index in [1.807, 2.05) is 13.8 Å². The maximum absolute atomic E-state index is 12.4. The Bertz CT molecular complexity index is 420. The molecule has 4 nitrogen and oxygen atoms in total. The van der Waals surface area contributed by atoms with Crippen molar-refractivity contribution >= 4 is 11.8 Å². The molecule has 0 N–H and O–H groups in total. The largest absolute Gasteiger partial charge is 0.471 e. The van der Waals surface area contributed by atoms with Gasteiger partial charge in [0.15, 0.2) is 0 Å². The number of carbonyl (C=O) groups is 2. The Morgan fingerprint density at radius 1 is 1.05 bits per heavy atom. The van der Waals surface area contributed by atoms with Crippen molar-refractivity contribution < 1.29 is 22.8 Å². The van der Waals surface area contributed by atoms with E-state index >= 15 is 0 Å². The molecule has 2 rings (SSSR count). The van der Waals surface area contributed by atoms with Crippen molar-refractivity contribution in [2.45, 2.75) is 32.9 Å². The van der Waals surface area contributed by atoms with Gasteiger partial charge in [0.1, 0.15) is 0 Å². The number of hydrogen-bond acceptors (Lipinski definition) is 2. The van der Waals surface area contributed by atoms with Crippen LogP contribution in [-0.4, -0.2) is 54.0 Å². The van der Waals surface area contributed by atoms with Gasteiger partial charge >= 0.3 is 12.1 Å². The minimum absolute atomic E-state index is 0.00483. The molecule has 2 fully saturated rings. The van der Waals surface area contributed by atoms with E-state index in [4.69, 9.17) is 0 Å². The lowest BCUT2D eigenvalue weighted by atomic mass is 10.1. The van der Waals surface area contributed by atoms with Crippen molar-refractivity contribution in [2.24, 2.45) is 11.3 Å². The zero-order chi connectivity index (χ0) is 15.1. The van der Waals surface area contributed by atoms with Crippen LogP contribution in [0, 0.1) is 11.3 Å². The van der Waals surface area contributed by atoms with Crippen LogP contribution in [0.4, 0.5) is 13.2 Å². The Morgan fingerprint density at radius 3 is 2.05 bits per heavy atom. The first-order valence-electron chi connectivity index (χ1n) is 6.78. The van der Waals surface area contributed by atoms with Gasteiger partial charge in [0, 0.05) is 32.1 Å². The van der Waals surface area contributed by atoms with Crippen LogP contribution in [0.2, 0.25) is 0 Å². The molecule has 0 aromatic carbocycles. The van der Waals surface area contributed by atoms with Gasteiger partial charge in [-0.3, -0.25) is 9.59 Å². The molecule has 0 bridgehead atoms. The monoisotopic (exact) mass is 292 g/mol. The molecule has 7 heteroatoms. The fourth-order valence-corrected chi connectivity index (χ4v) is 2.63. The number of nitrogens with zero attached hydrogens (tertiary/aromatic N) is 2. The van der Waals surface area contributed by atoms with Crippen LogP contribution >= 0.6 is 0 Å². The highest BCUT2D eigenvalue weighted by atomic mass is 19.4. The first-order chi connectivity index (χ1) is 9.13. The molecule has 0 radical (unpaired) electrons. The fraction of sp³-hybridized carbons (Fsp3) is 0.846. The normalized spacial score (nSPS) is 26.1. The smallest absolute Gasteiger partial charge is 0.341 e. The van der Waals surface area contributed by atoms with Gasteiger partial charge < -0.3 is 9.80 Å². The summed E-state index contributed by atoms with van der Waals surface area (Å²) in [4.78, 5) is 25.8. The number of rotatable bonds is 1. The molecule has 1 aliphatic carbocycles. The molecule has 1 unspecified atom stereocenters. The third kappa shape index (κ3) is 3.07. The summed E-state index contributed by atoms with van der Waals surface area (Å²) in [6, 6.07) is 0. The summed E-state index contributed by atoms with van der Waals surface area (Å²) in [6.07, 6.45) is -3.62. The third-order valence-electron chi connectivity index (χ3n) is 4.15. The maximum atomic E-state index is 12.4. The van der Waals surface area contributed by atoms with E-state index < -0.39 is 12.1 Å². The lowest BCUT2D eigenvalue weighted by Crippen LogP contribution is -2.43. The van der Waals surface area contributed by atoms with Crippen molar-refractivity contribution in [3.63, 3.8) is 0 Å². The molecule has 1 aliphatic heterocycles. The Balaban J connectivity index is 1.93. The lowest BCUT2D eigenvalue weighted by molar-refractivity contribution is -0.185. The zero-order valence-electron chi connectivity index (χ0n) is 11.7. The van der Waals surface area contributed by atoms with Crippen LogP contribution in [-0.2, 0) is 9.59 Å². The quantitative estimate of drug-likeness (QED) is 0.737. The predicted molar refractivity (Wildman–Crippen MR) is 65.7 cm³/mol. The summed E-state index contributed by atoms with van der Waals surface area (Å²) in [5.41, 5.74) is 0.00483. The Labute approximate surface area is 115 Å². The van der Waals surface area contributed by atoms with Crippen molar-refractivity contribution in [1.29, 1.82) is 0 Å². The fourth-order valence-electron chi connectivity index (χ4n) is 2.63. The number of halogens is 3. The van der Waals surface area contributed by atoms with E-state index in [-0.39, 0.29) is 36.9 Å². The molecule has 1 heterocycles. The summed E-state index contributed by atoms with van der Waals surface area (Å²) >= 11 is 0. The van der Waals surface area contributed by atoms with Gasteiger partial charge in [-0.25, -0.2) is 0 Å². The molecule has 0 spiro atoms. The summed E-state index contributed by atoms with van der Waals surface area (Å²) in [5.74, 6) is -1.82. The average Bonchev–Trinajstić information content (AvgIpc) is 3.03. The van der Waals surface area contributed by atoms with Gasteiger partial charge in [-0.15, -0.1) is 0 Å². The predicted octanol–water partition coefficient (Wildman–Crippen LogP) is 1.66. The van der Waals surface area contributed by atoms with Crippen LogP contribution in [0.15, 0.2) is 0 Å². The molecular weight excluding hydrogens is 273 g/mol. The van der Waals surface area contributed by atoms with Crippen LogP contribution in [0.3, 0.4) is 0 Å². The molecule has 2 amide bonds. The molecule has 0 aromatic heterocycles. The summed E-state index contributed by atoms with van der Waals surface area (Å²) in [6.45, 7) is 4.63. The van der Waals surface area contributed by atoms with Gasteiger partial charge in [0.05, 0.1) is 0 Å². The SMILES string of the molecule is CC1(C)CC1C(=O)N1CCCN(C(=O)C(F)(F)F)CC1. The zero-order valence-corrected chi connectivity index (χ0v) is 11.7. The second-order valence-corrected chi connectivity index (χ2v) is 6.21. The topological polar surface area (TPSA) is 40.6 Å². The highest BCUT2D eigenvalue weighted by Gasteiger charge is 2.52. The minimum Gasteiger partial charge on any atom is -0.341 e. The van der Waals surface area contributed by atoms with Crippen molar-refractivity contribution in [3.8, 4) is 0 Å². The van der Waals surface area contributed by atoms with Gasteiger partial charge in [-0.05, 0) is 18.3 Å². The minimum atomic E-state index is -4.84. The molecule has 20 heavy (non-hydrogen) atoms. The molecule has 2 aliphatic rings. The first kappa shape index (κ1) is 15.1. The van der Waals surface area contributed by atoms with E-state index in [1.54, 1.807) is 4.90 Å². The maximum Gasteiger partial charge on any atom is 0.471 e.